The summed E-state index contributed by atoms with van der Waals surface area (Å²) in [7, 11) is 0. The van der Waals surface area contributed by atoms with Crippen molar-refractivity contribution in [3.05, 3.63) is 95.6 Å². The van der Waals surface area contributed by atoms with Gasteiger partial charge in [-0.15, -0.1) is 0 Å². The first kappa shape index (κ1) is 12.2. The van der Waals surface area contributed by atoms with Crippen LogP contribution in [0.25, 0.3) is 11.3 Å². The third-order valence-corrected chi connectivity index (χ3v) is 4.45. The molecule has 0 aromatic heterocycles. The number of fused-ring (bicyclic) bond motifs is 3. The minimum atomic E-state index is 0.326. The molecule has 2 unspecified atom stereocenters. The Labute approximate surface area is 125 Å². The molecule has 0 fully saturated rings. The average Bonchev–Trinajstić information content (AvgIpc) is 2.56. The summed E-state index contributed by atoms with van der Waals surface area (Å²) in [6, 6.07) is 19.0. The molecule has 0 saturated heterocycles. The van der Waals surface area contributed by atoms with Gasteiger partial charge in [0.25, 0.3) is 0 Å². The molecule has 1 nitrogen and oxygen atoms in total. The van der Waals surface area contributed by atoms with Gasteiger partial charge in [-0.1, -0.05) is 78.9 Å². The van der Waals surface area contributed by atoms with Gasteiger partial charge in [0.15, 0.2) is 0 Å². The van der Waals surface area contributed by atoms with Gasteiger partial charge in [-0.3, -0.25) is 0 Å². The SMILES string of the molecule is NC1=C(c2ccccc2)C2C=CC=CC2c2ccccc21. The Hall–Kier alpha value is -2.54. The zero-order chi connectivity index (χ0) is 14.2. The van der Waals surface area contributed by atoms with Crippen molar-refractivity contribution in [1.29, 1.82) is 0 Å². The largest absolute Gasteiger partial charge is 0.398 e. The molecule has 2 aromatic carbocycles. The summed E-state index contributed by atoms with van der Waals surface area (Å²) < 4.78 is 0. The van der Waals surface area contributed by atoms with Gasteiger partial charge in [0.1, 0.15) is 0 Å². The van der Waals surface area contributed by atoms with E-state index in [0.29, 0.717) is 11.8 Å². The lowest BCUT2D eigenvalue weighted by Gasteiger charge is -2.34. The topological polar surface area (TPSA) is 26.0 Å². The molecule has 2 atom stereocenters. The average molecular weight is 271 g/mol. The molecule has 0 spiro atoms. The van der Waals surface area contributed by atoms with Crippen LogP contribution in [0, 0.1) is 5.92 Å². The standard InChI is InChI=1S/C20H17N/c21-20-18-13-7-5-11-16(18)15-10-4-6-12-17(15)19(20)14-8-2-1-3-9-14/h1-13,15,17H,21H2. The number of nitrogens with two attached hydrogens (primary N) is 1. The van der Waals surface area contributed by atoms with Gasteiger partial charge in [0.05, 0.1) is 0 Å². The van der Waals surface area contributed by atoms with Crippen LogP contribution < -0.4 is 5.73 Å². The molecule has 2 aromatic rings. The van der Waals surface area contributed by atoms with Crippen LogP contribution in [0.2, 0.25) is 0 Å². The second-order valence-corrected chi connectivity index (χ2v) is 5.60. The highest BCUT2D eigenvalue weighted by Gasteiger charge is 2.33. The van der Waals surface area contributed by atoms with E-state index in [2.05, 4.69) is 72.8 Å². The highest BCUT2D eigenvalue weighted by atomic mass is 14.6. The van der Waals surface area contributed by atoms with E-state index in [0.717, 1.165) is 5.70 Å². The predicted molar refractivity (Wildman–Crippen MR) is 88.4 cm³/mol. The normalized spacial score (nSPS) is 22.9. The molecule has 2 aliphatic carbocycles. The maximum atomic E-state index is 6.55. The summed E-state index contributed by atoms with van der Waals surface area (Å²) in [5.41, 5.74) is 12.4. The van der Waals surface area contributed by atoms with Gasteiger partial charge in [0.2, 0.25) is 0 Å². The van der Waals surface area contributed by atoms with Crippen LogP contribution in [-0.4, -0.2) is 0 Å². The number of benzene rings is 2. The fourth-order valence-electron chi connectivity index (χ4n) is 3.50. The Kier molecular flexibility index (Phi) is 2.78. The molecule has 1 heteroatoms. The van der Waals surface area contributed by atoms with Gasteiger partial charge in [-0.05, 0) is 16.7 Å². The zero-order valence-corrected chi connectivity index (χ0v) is 11.7. The Morgan fingerprint density at radius 3 is 2.19 bits per heavy atom. The van der Waals surface area contributed by atoms with Crippen LogP contribution in [0.4, 0.5) is 0 Å². The highest BCUT2D eigenvalue weighted by Crippen LogP contribution is 2.47. The van der Waals surface area contributed by atoms with Gasteiger partial charge < -0.3 is 5.73 Å². The monoisotopic (exact) mass is 271 g/mol. The third kappa shape index (κ3) is 1.85. The third-order valence-electron chi connectivity index (χ3n) is 4.45. The van der Waals surface area contributed by atoms with E-state index < -0.39 is 0 Å². The highest BCUT2D eigenvalue weighted by molar-refractivity contribution is 5.94. The lowest BCUT2D eigenvalue weighted by atomic mass is 9.70. The molecular formula is C20H17N. The summed E-state index contributed by atoms with van der Waals surface area (Å²) in [6.07, 6.45) is 8.84. The summed E-state index contributed by atoms with van der Waals surface area (Å²) in [5, 5.41) is 0. The summed E-state index contributed by atoms with van der Waals surface area (Å²) in [5.74, 6) is 0.709. The number of rotatable bonds is 1. The molecule has 0 heterocycles. The van der Waals surface area contributed by atoms with E-state index in [-0.39, 0.29) is 0 Å². The molecule has 0 saturated carbocycles. The second kappa shape index (κ2) is 4.78. The summed E-state index contributed by atoms with van der Waals surface area (Å²) in [4.78, 5) is 0. The quantitative estimate of drug-likeness (QED) is 0.819. The molecule has 0 bridgehead atoms. The maximum absolute atomic E-state index is 6.55. The first-order valence-corrected chi connectivity index (χ1v) is 7.35. The minimum absolute atomic E-state index is 0.326. The molecular weight excluding hydrogens is 254 g/mol. The lowest BCUT2D eigenvalue weighted by molar-refractivity contribution is 0.704. The minimum Gasteiger partial charge on any atom is -0.398 e. The Morgan fingerprint density at radius 2 is 1.38 bits per heavy atom. The second-order valence-electron chi connectivity index (χ2n) is 5.60. The van der Waals surface area contributed by atoms with Gasteiger partial charge in [0, 0.05) is 23.1 Å². The van der Waals surface area contributed by atoms with Crippen molar-refractivity contribution >= 4 is 11.3 Å². The fourth-order valence-corrected chi connectivity index (χ4v) is 3.50. The zero-order valence-electron chi connectivity index (χ0n) is 11.7. The maximum Gasteiger partial charge on any atom is 0.0435 e. The van der Waals surface area contributed by atoms with Crippen molar-refractivity contribution in [2.45, 2.75) is 5.92 Å². The van der Waals surface area contributed by atoms with Crippen LogP contribution in [0.15, 0.2) is 78.9 Å². The Bertz CT molecular complexity index is 765. The Morgan fingerprint density at radius 1 is 0.714 bits per heavy atom. The van der Waals surface area contributed by atoms with Gasteiger partial charge in [-0.25, -0.2) is 0 Å². The van der Waals surface area contributed by atoms with Gasteiger partial charge >= 0.3 is 0 Å². The lowest BCUT2D eigenvalue weighted by Crippen LogP contribution is -2.22. The van der Waals surface area contributed by atoms with E-state index in [1.54, 1.807) is 0 Å². The molecule has 4 rings (SSSR count). The molecule has 0 amide bonds. The number of hydrogen-bond acceptors (Lipinski definition) is 1. The van der Waals surface area contributed by atoms with Gasteiger partial charge in [-0.2, -0.15) is 0 Å². The molecule has 0 aliphatic heterocycles. The van der Waals surface area contributed by atoms with Crippen molar-refractivity contribution in [2.24, 2.45) is 11.7 Å². The fraction of sp³-hybridized carbons (Fsp3) is 0.100. The van der Waals surface area contributed by atoms with Crippen molar-refractivity contribution in [3.63, 3.8) is 0 Å². The van der Waals surface area contributed by atoms with E-state index in [1.165, 1.54) is 22.3 Å². The van der Waals surface area contributed by atoms with Crippen LogP contribution in [0.5, 0.6) is 0 Å². The van der Waals surface area contributed by atoms with Crippen molar-refractivity contribution in [1.82, 2.24) is 0 Å². The Balaban J connectivity index is 2.00. The molecule has 102 valence electrons. The number of allylic oxidation sites excluding steroid dienone is 5. The van der Waals surface area contributed by atoms with E-state index in [4.69, 9.17) is 5.73 Å². The molecule has 2 aliphatic rings. The molecule has 0 radical (unpaired) electrons. The molecule has 21 heavy (non-hydrogen) atoms. The summed E-state index contributed by atoms with van der Waals surface area (Å²) in [6.45, 7) is 0. The van der Waals surface area contributed by atoms with E-state index in [9.17, 15) is 0 Å². The first-order chi connectivity index (χ1) is 10.4. The van der Waals surface area contributed by atoms with Crippen LogP contribution in [-0.2, 0) is 0 Å². The van der Waals surface area contributed by atoms with E-state index in [1.807, 2.05) is 6.07 Å². The number of hydrogen-bond donors (Lipinski definition) is 1. The first-order valence-electron chi connectivity index (χ1n) is 7.35. The van der Waals surface area contributed by atoms with Crippen molar-refractivity contribution in [3.8, 4) is 0 Å². The van der Waals surface area contributed by atoms with Crippen molar-refractivity contribution in [2.75, 3.05) is 0 Å². The van der Waals surface area contributed by atoms with E-state index >= 15 is 0 Å². The van der Waals surface area contributed by atoms with Crippen LogP contribution >= 0.6 is 0 Å². The molecule has 2 N–H and O–H groups in total. The van der Waals surface area contributed by atoms with Crippen LogP contribution in [0.3, 0.4) is 0 Å². The predicted octanol–water partition coefficient (Wildman–Crippen LogP) is 4.35. The van der Waals surface area contributed by atoms with Crippen LogP contribution in [0.1, 0.15) is 22.6 Å². The summed E-state index contributed by atoms with van der Waals surface area (Å²) >= 11 is 0. The van der Waals surface area contributed by atoms with Crippen molar-refractivity contribution < 1.29 is 0 Å². The smallest absolute Gasteiger partial charge is 0.0435 e.